The van der Waals surface area contributed by atoms with Crippen LogP contribution in [0.2, 0.25) is 0 Å². The second-order valence-electron chi connectivity index (χ2n) is 6.44. The van der Waals surface area contributed by atoms with Gasteiger partial charge < -0.3 is 19.5 Å². The van der Waals surface area contributed by atoms with Crippen molar-refractivity contribution in [1.29, 1.82) is 0 Å². The minimum atomic E-state index is -0.326. The van der Waals surface area contributed by atoms with Gasteiger partial charge in [-0.15, -0.1) is 0 Å². The van der Waals surface area contributed by atoms with E-state index in [-0.39, 0.29) is 11.5 Å². The van der Waals surface area contributed by atoms with E-state index in [2.05, 4.69) is 24.1 Å². The van der Waals surface area contributed by atoms with Gasteiger partial charge in [0.1, 0.15) is 0 Å². The second kappa shape index (κ2) is 6.44. The van der Waals surface area contributed by atoms with Crippen molar-refractivity contribution in [3.05, 3.63) is 35.5 Å². The molecule has 0 aromatic heterocycles. The molecule has 0 bridgehead atoms. The molecule has 4 nitrogen and oxygen atoms in total. The Morgan fingerprint density at radius 2 is 1.91 bits per heavy atom. The highest BCUT2D eigenvalue weighted by Gasteiger charge is 2.45. The topological polar surface area (TPSA) is 41.9 Å². The quantitative estimate of drug-likeness (QED) is 0.906. The number of aliphatic hydroxyl groups is 1. The fraction of sp³-hybridized carbons (Fsp3) is 0.579. The average molecular weight is 317 g/mol. The van der Waals surface area contributed by atoms with E-state index in [4.69, 9.17) is 9.47 Å². The highest BCUT2D eigenvalue weighted by atomic mass is 16.5. The van der Waals surface area contributed by atoms with E-state index in [1.165, 1.54) is 11.3 Å². The minimum absolute atomic E-state index is 0.00454. The SMILES string of the molecule is CCOc1ccc([C@@]23CC[C@@H](O)C=C2N(C)CC3)cc1OCC. The lowest BCUT2D eigenvalue weighted by atomic mass is 9.70. The number of nitrogens with zero attached hydrogens (tertiary/aromatic N) is 1. The summed E-state index contributed by atoms with van der Waals surface area (Å²) in [4.78, 5) is 2.28. The third kappa shape index (κ3) is 2.80. The summed E-state index contributed by atoms with van der Waals surface area (Å²) in [7, 11) is 2.11. The van der Waals surface area contributed by atoms with Gasteiger partial charge in [0.05, 0.1) is 19.3 Å². The molecule has 0 unspecified atom stereocenters. The number of rotatable bonds is 5. The maximum Gasteiger partial charge on any atom is 0.161 e. The fourth-order valence-electron chi connectivity index (χ4n) is 3.96. The first-order valence-corrected chi connectivity index (χ1v) is 8.62. The van der Waals surface area contributed by atoms with Gasteiger partial charge >= 0.3 is 0 Å². The van der Waals surface area contributed by atoms with Crippen molar-refractivity contribution in [1.82, 2.24) is 4.90 Å². The van der Waals surface area contributed by atoms with E-state index in [1.54, 1.807) is 0 Å². The number of fused-ring (bicyclic) bond motifs is 1. The highest BCUT2D eigenvalue weighted by Crippen LogP contribution is 2.50. The van der Waals surface area contributed by atoms with Crippen LogP contribution >= 0.6 is 0 Å². The van der Waals surface area contributed by atoms with Crippen molar-refractivity contribution in [3.8, 4) is 11.5 Å². The van der Waals surface area contributed by atoms with Crippen LogP contribution in [-0.2, 0) is 5.41 Å². The largest absolute Gasteiger partial charge is 0.490 e. The Morgan fingerprint density at radius 1 is 1.17 bits per heavy atom. The molecule has 1 aromatic rings. The van der Waals surface area contributed by atoms with Gasteiger partial charge in [-0.3, -0.25) is 0 Å². The lowest BCUT2D eigenvalue weighted by Crippen LogP contribution is -2.33. The summed E-state index contributed by atoms with van der Waals surface area (Å²) in [6.45, 7) is 6.25. The molecule has 1 aliphatic heterocycles. The molecule has 4 heteroatoms. The number of hydrogen-bond acceptors (Lipinski definition) is 4. The molecule has 23 heavy (non-hydrogen) atoms. The first-order valence-electron chi connectivity index (χ1n) is 8.62. The van der Waals surface area contributed by atoms with Crippen molar-refractivity contribution < 1.29 is 14.6 Å². The summed E-state index contributed by atoms with van der Waals surface area (Å²) in [6.07, 6.45) is 4.58. The van der Waals surface area contributed by atoms with Gasteiger partial charge in [-0.2, -0.15) is 0 Å². The maximum atomic E-state index is 10.0. The molecule has 3 rings (SSSR count). The molecule has 0 spiro atoms. The predicted octanol–water partition coefficient (Wildman–Crippen LogP) is 3.10. The standard InChI is InChI=1S/C19H27NO3/c1-4-22-16-7-6-14(12-17(16)23-5-2)19-9-8-15(21)13-18(19)20(3)11-10-19/h6-7,12-13,15,21H,4-5,8-11H2,1-3H3/t15-,19+/m1/s1. The van der Waals surface area contributed by atoms with Gasteiger partial charge in [-0.1, -0.05) is 6.07 Å². The molecule has 1 aromatic carbocycles. The first-order chi connectivity index (χ1) is 11.1. The molecule has 0 saturated carbocycles. The maximum absolute atomic E-state index is 10.0. The lowest BCUT2D eigenvalue weighted by Gasteiger charge is -2.37. The average Bonchev–Trinajstić information content (AvgIpc) is 2.88. The van der Waals surface area contributed by atoms with Crippen LogP contribution in [0.15, 0.2) is 30.0 Å². The Morgan fingerprint density at radius 3 is 2.65 bits per heavy atom. The Bertz CT molecular complexity index is 598. The van der Waals surface area contributed by atoms with Crippen molar-refractivity contribution in [2.75, 3.05) is 26.8 Å². The van der Waals surface area contributed by atoms with Crippen LogP contribution in [-0.4, -0.2) is 42.9 Å². The Labute approximate surface area is 138 Å². The molecule has 1 N–H and O–H groups in total. The number of aliphatic hydroxyl groups excluding tert-OH is 1. The summed E-state index contributed by atoms with van der Waals surface area (Å²) >= 11 is 0. The molecule has 1 fully saturated rings. The molecule has 0 radical (unpaired) electrons. The lowest BCUT2D eigenvalue weighted by molar-refractivity contribution is 0.181. The number of allylic oxidation sites excluding steroid dienone is 1. The molecule has 1 saturated heterocycles. The third-order valence-electron chi connectivity index (χ3n) is 5.09. The number of benzene rings is 1. The van der Waals surface area contributed by atoms with Crippen LogP contribution in [0.1, 0.15) is 38.7 Å². The predicted molar refractivity (Wildman–Crippen MR) is 91.0 cm³/mol. The zero-order valence-electron chi connectivity index (χ0n) is 14.3. The Balaban J connectivity index is 2.03. The summed E-state index contributed by atoms with van der Waals surface area (Å²) in [6, 6.07) is 6.33. The van der Waals surface area contributed by atoms with Crippen molar-refractivity contribution in [3.63, 3.8) is 0 Å². The van der Waals surface area contributed by atoms with Crippen LogP contribution in [0.25, 0.3) is 0 Å². The van der Waals surface area contributed by atoms with Gasteiger partial charge in [0.2, 0.25) is 0 Å². The Kier molecular flexibility index (Phi) is 4.53. The summed E-state index contributed by atoms with van der Waals surface area (Å²) in [5.74, 6) is 1.63. The van der Waals surface area contributed by atoms with Crippen molar-refractivity contribution in [2.24, 2.45) is 0 Å². The summed E-state index contributed by atoms with van der Waals surface area (Å²) in [5.41, 5.74) is 2.53. The first kappa shape index (κ1) is 16.2. The van der Waals surface area contributed by atoms with E-state index < -0.39 is 0 Å². The van der Waals surface area contributed by atoms with Crippen LogP contribution in [0.4, 0.5) is 0 Å². The summed E-state index contributed by atoms with van der Waals surface area (Å²) in [5, 5.41) is 10.0. The minimum Gasteiger partial charge on any atom is -0.490 e. The number of hydrogen-bond donors (Lipinski definition) is 1. The van der Waals surface area contributed by atoms with Gasteiger partial charge in [0.15, 0.2) is 11.5 Å². The normalized spacial score (nSPS) is 26.7. The molecule has 0 amide bonds. The zero-order chi connectivity index (χ0) is 16.4. The second-order valence-corrected chi connectivity index (χ2v) is 6.44. The molecule has 2 atom stereocenters. The van der Waals surface area contributed by atoms with E-state index >= 15 is 0 Å². The Hall–Kier alpha value is -1.68. The van der Waals surface area contributed by atoms with Crippen LogP contribution in [0.3, 0.4) is 0 Å². The molecule has 1 aliphatic carbocycles. The van der Waals surface area contributed by atoms with Crippen molar-refractivity contribution >= 4 is 0 Å². The van der Waals surface area contributed by atoms with Crippen LogP contribution in [0, 0.1) is 0 Å². The number of ether oxygens (including phenoxy) is 2. The van der Waals surface area contributed by atoms with Gasteiger partial charge in [-0.25, -0.2) is 0 Å². The number of likely N-dealkylation sites (tertiary alicyclic amines) is 1. The molecular weight excluding hydrogens is 290 g/mol. The molecular formula is C19H27NO3. The summed E-state index contributed by atoms with van der Waals surface area (Å²) < 4.78 is 11.5. The van der Waals surface area contributed by atoms with E-state index in [0.717, 1.165) is 37.3 Å². The van der Waals surface area contributed by atoms with Crippen molar-refractivity contribution in [2.45, 2.75) is 44.6 Å². The van der Waals surface area contributed by atoms with Gasteiger partial charge in [-0.05, 0) is 56.9 Å². The van der Waals surface area contributed by atoms with Crippen LogP contribution in [0.5, 0.6) is 11.5 Å². The van der Waals surface area contributed by atoms with E-state index in [9.17, 15) is 5.11 Å². The fourth-order valence-corrected chi connectivity index (χ4v) is 3.96. The monoisotopic (exact) mass is 317 g/mol. The van der Waals surface area contributed by atoms with Gasteiger partial charge in [0, 0.05) is 24.7 Å². The molecule has 2 aliphatic rings. The number of likely N-dealkylation sites (N-methyl/N-ethyl adjacent to an activating group) is 1. The zero-order valence-corrected chi connectivity index (χ0v) is 14.3. The van der Waals surface area contributed by atoms with Gasteiger partial charge in [0.25, 0.3) is 0 Å². The smallest absolute Gasteiger partial charge is 0.161 e. The van der Waals surface area contributed by atoms with E-state index in [1.807, 2.05) is 26.0 Å². The van der Waals surface area contributed by atoms with Crippen LogP contribution < -0.4 is 9.47 Å². The molecule has 1 heterocycles. The third-order valence-corrected chi connectivity index (χ3v) is 5.09. The molecule has 126 valence electrons. The van der Waals surface area contributed by atoms with E-state index in [0.29, 0.717) is 13.2 Å². The highest BCUT2D eigenvalue weighted by molar-refractivity contribution is 5.49.